The molecule has 0 radical (unpaired) electrons. The molecule has 3 N–H and O–H groups in total. The minimum absolute atomic E-state index is 0.103. The average molecular weight is 616 g/mol. The van der Waals surface area contributed by atoms with Crippen molar-refractivity contribution in [3.05, 3.63) is 22.7 Å². The van der Waals surface area contributed by atoms with Crippen molar-refractivity contribution < 1.29 is 28.0 Å². The average Bonchev–Trinajstić information content (AvgIpc) is 3.20. The number of rotatable bonds is 23. The third-order valence-electron chi connectivity index (χ3n) is 7.52. The summed E-state index contributed by atoms with van der Waals surface area (Å²) in [5, 5.41) is 0. The maximum Gasteiger partial charge on any atom is 0.472 e. The van der Waals surface area contributed by atoms with Gasteiger partial charge in [0.25, 0.3) is 0 Å². The molecule has 1 aromatic heterocycles. The number of aromatic nitrogens is 2. The summed E-state index contributed by atoms with van der Waals surface area (Å²) in [6, 6.07) is 1.51. The van der Waals surface area contributed by atoms with E-state index in [1.54, 1.807) is 13.8 Å². The van der Waals surface area contributed by atoms with Crippen molar-refractivity contribution >= 4 is 13.6 Å². The molecule has 0 bridgehead atoms. The van der Waals surface area contributed by atoms with Crippen molar-refractivity contribution in [3.63, 3.8) is 0 Å². The van der Waals surface area contributed by atoms with Gasteiger partial charge in [-0.25, -0.2) is 9.36 Å². The minimum atomic E-state index is -4.41. The highest BCUT2D eigenvalue weighted by Gasteiger charge is 2.50. The maximum absolute atomic E-state index is 12.8. The summed E-state index contributed by atoms with van der Waals surface area (Å²) in [5.41, 5.74) is 5.12. The van der Waals surface area contributed by atoms with Crippen molar-refractivity contribution in [3.8, 4) is 0 Å². The van der Waals surface area contributed by atoms with Crippen molar-refractivity contribution in [1.82, 2.24) is 9.55 Å². The second-order valence-electron chi connectivity index (χ2n) is 12.4. The maximum atomic E-state index is 12.8. The van der Waals surface area contributed by atoms with E-state index in [2.05, 4.69) is 11.9 Å². The number of hydrogen-bond acceptors (Lipinski definition) is 8. The first-order valence-corrected chi connectivity index (χ1v) is 17.8. The van der Waals surface area contributed by atoms with Crippen LogP contribution in [0, 0.1) is 5.92 Å². The predicted molar refractivity (Wildman–Crippen MR) is 167 cm³/mol. The fourth-order valence-corrected chi connectivity index (χ4v) is 6.62. The zero-order valence-electron chi connectivity index (χ0n) is 26.7. The van der Waals surface area contributed by atoms with Gasteiger partial charge in [-0.05, 0) is 38.7 Å². The van der Waals surface area contributed by atoms with E-state index in [0.717, 1.165) is 19.3 Å². The number of phosphoric acid groups is 1. The van der Waals surface area contributed by atoms with Crippen LogP contribution >= 0.6 is 7.82 Å². The highest BCUT2D eigenvalue weighted by Crippen LogP contribution is 2.50. The lowest BCUT2D eigenvalue weighted by Crippen LogP contribution is -2.39. The highest BCUT2D eigenvalue weighted by molar-refractivity contribution is 7.47. The van der Waals surface area contributed by atoms with Gasteiger partial charge in [-0.3, -0.25) is 13.6 Å². The molecule has 2 rings (SSSR count). The molecular formula is C31H58N3O7P. The molecule has 1 aromatic rings. The molecule has 0 spiro atoms. The standard InChI is InChI=1S/C31H58N3O7P/c1-6-7-8-9-10-11-12-13-14-15-16-17-18-19-22-38-29-28(41-42(36,37)40-25(4)5)26(23-24(2)3)39-30(29)34-21-20-27(32)33-31(34)35/h20-21,24-26,28-30H,6-19,22-23H2,1-5H3,(H,36,37)(H2,32,33,35)/t26-,28+,29?,30-/m1/s1. The van der Waals surface area contributed by atoms with Crippen LogP contribution in [0.3, 0.4) is 0 Å². The van der Waals surface area contributed by atoms with E-state index in [1.807, 2.05) is 13.8 Å². The number of unbranched alkanes of at least 4 members (excludes halogenated alkanes) is 13. The Balaban J connectivity index is 1.91. The molecule has 2 heterocycles. The molecule has 244 valence electrons. The smallest absolute Gasteiger partial charge is 0.383 e. The number of nitrogens with zero attached hydrogens (tertiary/aromatic N) is 2. The zero-order valence-corrected chi connectivity index (χ0v) is 27.6. The van der Waals surface area contributed by atoms with Crippen molar-refractivity contribution in [2.45, 2.75) is 162 Å². The quantitative estimate of drug-likeness (QED) is 0.0945. The molecule has 1 saturated heterocycles. The van der Waals surface area contributed by atoms with Crippen LogP contribution < -0.4 is 11.4 Å². The third-order valence-corrected chi connectivity index (χ3v) is 8.72. The Morgan fingerprint density at radius 2 is 1.50 bits per heavy atom. The van der Waals surface area contributed by atoms with Gasteiger partial charge < -0.3 is 20.1 Å². The number of nitrogen functional groups attached to an aromatic ring is 1. The fourth-order valence-electron chi connectivity index (χ4n) is 5.47. The van der Waals surface area contributed by atoms with E-state index < -0.39 is 44.2 Å². The minimum Gasteiger partial charge on any atom is -0.383 e. The topological polar surface area (TPSA) is 135 Å². The molecule has 2 unspecified atom stereocenters. The zero-order chi connectivity index (χ0) is 31.0. The number of hydrogen-bond donors (Lipinski definition) is 2. The monoisotopic (exact) mass is 615 g/mol. The molecule has 0 amide bonds. The van der Waals surface area contributed by atoms with Gasteiger partial charge in [0, 0.05) is 12.8 Å². The van der Waals surface area contributed by atoms with Gasteiger partial charge in [-0.2, -0.15) is 4.98 Å². The predicted octanol–water partition coefficient (Wildman–Crippen LogP) is 7.55. The normalized spacial score (nSPS) is 22.3. The van der Waals surface area contributed by atoms with E-state index >= 15 is 0 Å². The third kappa shape index (κ3) is 14.0. The molecule has 0 aromatic carbocycles. The summed E-state index contributed by atoms with van der Waals surface area (Å²) in [6.07, 6.45) is 16.0. The molecule has 42 heavy (non-hydrogen) atoms. The number of anilines is 1. The molecule has 1 fully saturated rings. The van der Waals surface area contributed by atoms with Crippen LogP contribution in [0.5, 0.6) is 0 Å². The van der Waals surface area contributed by atoms with Gasteiger partial charge in [0.1, 0.15) is 18.0 Å². The summed E-state index contributed by atoms with van der Waals surface area (Å²) < 4.78 is 37.6. The van der Waals surface area contributed by atoms with Gasteiger partial charge in [0.15, 0.2) is 6.23 Å². The molecule has 5 atom stereocenters. The number of nitrogens with two attached hydrogens (primary N) is 1. The molecule has 1 aliphatic heterocycles. The number of phosphoric ester groups is 1. The Kier molecular flexibility index (Phi) is 17.5. The highest BCUT2D eigenvalue weighted by atomic mass is 31.2. The lowest BCUT2D eigenvalue weighted by molar-refractivity contribution is -0.0724. The Hall–Kier alpha value is -1.29. The largest absolute Gasteiger partial charge is 0.472 e. The molecule has 10 nitrogen and oxygen atoms in total. The van der Waals surface area contributed by atoms with E-state index in [4.69, 9.17) is 24.3 Å². The van der Waals surface area contributed by atoms with Crippen molar-refractivity contribution in [1.29, 1.82) is 0 Å². The van der Waals surface area contributed by atoms with Crippen LogP contribution in [0.2, 0.25) is 0 Å². The van der Waals surface area contributed by atoms with Gasteiger partial charge in [0.05, 0.1) is 12.2 Å². The Labute approximate surface area is 253 Å². The van der Waals surface area contributed by atoms with Crippen LogP contribution in [0.4, 0.5) is 5.82 Å². The molecule has 11 heteroatoms. The van der Waals surface area contributed by atoms with E-state index in [-0.39, 0.29) is 11.7 Å². The summed E-state index contributed by atoms with van der Waals surface area (Å²) >= 11 is 0. The van der Waals surface area contributed by atoms with Crippen LogP contribution in [-0.2, 0) is 23.1 Å². The van der Waals surface area contributed by atoms with Crippen LogP contribution in [0.25, 0.3) is 0 Å². The van der Waals surface area contributed by atoms with E-state index in [1.165, 1.54) is 87.5 Å². The van der Waals surface area contributed by atoms with Crippen LogP contribution in [0.1, 0.15) is 137 Å². The van der Waals surface area contributed by atoms with Crippen molar-refractivity contribution in [2.24, 2.45) is 5.92 Å². The Morgan fingerprint density at radius 1 is 0.952 bits per heavy atom. The summed E-state index contributed by atoms with van der Waals surface area (Å²) in [4.78, 5) is 27.0. The summed E-state index contributed by atoms with van der Waals surface area (Å²) in [5.74, 6) is 0.308. The first-order valence-electron chi connectivity index (χ1n) is 16.3. The second kappa shape index (κ2) is 19.9. The second-order valence-corrected chi connectivity index (χ2v) is 13.7. The molecule has 1 aliphatic rings. The van der Waals surface area contributed by atoms with Crippen LogP contribution in [-0.4, -0.2) is 45.5 Å². The lowest BCUT2D eigenvalue weighted by Gasteiger charge is -2.27. The van der Waals surface area contributed by atoms with Gasteiger partial charge >= 0.3 is 13.5 Å². The lowest BCUT2D eigenvalue weighted by atomic mass is 10.0. The van der Waals surface area contributed by atoms with E-state index in [0.29, 0.717) is 13.0 Å². The number of ether oxygens (including phenoxy) is 2. The van der Waals surface area contributed by atoms with Gasteiger partial charge in [0.2, 0.25) is 0 Å². The first kappa shape index (κ1) is 36.9. The van der Waals surface area contributed by atoms with Crippen molar-refractivity contribution in [2.75, 3.05) is 12.3 Å². The molecule has 0 saturated carbocycles. The Morgan fingerprint density at radius 3 is 2.00 bits per heavy atom. The summed E-state index contributed by atoms with van der Waals surface area (Å²) in [7, 11) is -4.41. The summed E-state index contributed by atoms with van der Waals surface area (Å²) in [6.45, 7) is 10.0. The fraction of sp³-hybridized carbons (Fsp3) is 0.871. The Bertz CT molecular complexity index is 974. The molecular weight excluding hydrogens is 557 g/mol. The van der Waals surface area contributed by atoms with Gasteiger partial charge in [-0.1, -0.05) is 104 Å². The first-order chi connectivity index (χ1) is 20.0. The van der Waals surface area contributed by atoms with Crippen LogP contribution in [0.15, 0.2) is 17.1 Å². The van der Waals surface area contributed by atoms with Gasteiger partial charge in [-0.15, -0.1) is 0 Å². The molecule has 0 aliphatic carbocycles. The van der Waals surface area contributed by atoms with E-state index in [9.17, 15) is 14.3 Å². The SMILES string of the molecule is CCCCCCCCCCCCCCCCOC1[C@@H](OP(=O)(O)OC(C)C)[C@@H](CC(C)C)O[C@H]1n1ccc(N)nc1=O.